The summed E-state index contributed by atoms with van der Waals surface area (Å²) in [5, 5.41) is 0. The lowest BCUT2D eigenvalue weighted by atomic mass is 10.1. The molecular weight excluding hydrogens is 232 g/mol. The molecule has 0 amide bonds. The fourth-order valence-corrected chi connectivity index (χ4v) is 1.60. The van der Waals surface area contributed by atoms with Crippen LogP contribution in [0.1, 0.15) is 59.8 Å². The molecular formula is C14H26O4. The van der Waals surface area contributed by atoms with Gasteiger partial charge in [-0.25, -0.2) is 0 Å². The number of hydrogen-bond acceptors (Lipinski definition) is 4. The number of carbonyl (C=O) groups is 2. The van der Waals surface area contributed by atoms with E-state index in [1.807, 2.05) is 13.8 Å². The molecule has 0 aromatic heterocycles. The van der Waals surface area contributed by atoms with Crippen LogP contribution in [0.4, 0.5) is 0 Å². The predicted octanol–water partition coefficient (Wildman–Crippen LogP) is 3.09. The van der Waals surface area contributed by atoms with Gasteiger partial charge in [-0.2, -0.15) is 0 Å². The Hall–Kier alpha value is -1.06. The van der Waals surface area contributed by atoms with Crippen molar-refractivity contribution < 1.29 is 19.1 Å². The van der Waals surface area contributed by atoms with Crippen molar-refractivity contribution >= 4 is 11.9 Å². The van der Waals surface area contributed by atoms with Gasteiger partial charge in [-0.15, -0.1) is 0 Å². The standard InChI is InChI=1S/C14H26O4/c1-5-6-9-17-13(15)7-8-14(16)18-12(4)10-11(2)3/h11-12H,5-10H2,1-4H3. The second-order valence-corrected chi connectivity index (χ2v) is 5.00. The first-order chi connectivity index (χ1) is 8.45. The van der Waals surface area contributed by atoms with Crippen molar-refractivity contribution in [1.82, 2.24) is 0 Å². The lowest BCUT2D eigenvalue weighted by Crippen LogP contribution is -2.18. The number of rotatable bonds is 9. The monoisotopic (exact) mass is 258 g/mol. The summed E-state index contributed by atoms with van der Waals surface area (Å²) in [7, 11) is 0. The Morgan fingerprint density at radius 2 is 1.67 bits per heavy atom. The Labute approximate surface area is 110 Å². The van der Waals surface area contributed by atoms with Crippen LogP contribution >= 0.6 is 0 Å². The minimum absolute atomic E-state index is 0.0892. The highest BCUT2D eigenvalue weighted by molar-refractivity contribution is 5.77. The second kappa shape index (κ2) is 9.92. The smallest absolute Gasteiger partial charge is 0.306 e. The van der Waals surface area contributed by atoms with E-state index in [0.717, 1.165) is 19.3 Å². The first-order valence-corrected chi connectivity index (χ1v) is 6.80. The maximum Gasteiger partial charge on any atom is 0.306 e. The van der Waals surface area contributed by atoms with Crippen LogP contribution in [0.5, 0.6) is 0 Å². The lowest BCUT2D eigenvalue weighted by molar-refractivity contribution is -0.153. The molecule has 1 atom stereocenters. The number of ether oxygens (including phenoxy) is 2. The molecule has 0 aromatic rings. The van der Waals surface area contributed by atoms with Crippen molar-refractivity contribution in [2.45, 2.75) is 65.9 Å². The molecule has 1 unspecified atom stereocenters. The quantitative estimate of drug-likeness (QED) is 0.471. The van der Waals surface area contributed by atoms with Crippen LogP contribution in [-0.4, -0.2) is 24.6 Å². The first-order valence-electron chi connectivity index (χ1n) is 6.80. The fourth-order valence-electron chi connectivity index (χ4n) is 1.60. The van der Waals surface area contributed by atoms with Crippen molar-refractivity contribution in [3.05, 3.63) is 0 Å². The molecule has 0 aromatic carbocycles. The zero-order chi connectivity index (χ0) is 14.0. The maximum absolute atomic E-state index is 11.4. The second-order valence-electron chi connectivity index (χ2n) is 5.00. The van der Waals surface area contributed by atoms with Crippen LogP contribution in [0.25, 0.3) is 0 Å². The van der Waals surface area contributed by atoms with Crippen LogP contribution in [-0.2, 0) is 19.1 Å². The summed E-state index contributed by atoms with van der Waals surface area (Å²) in [5.74, 6) is -0.153. The Balaban J connectivity index is 3.66. The third-order valence-electron chi connectivity index (χ3n) is 2.43. The van der Waals surface area contributed by atoms with E-state index in [9.17, 15) is 9.59 Å². The molecule has 0 aliphatic carbocycles. The minimum atomic E-state index is -0.324. The Morgan fingerprint density at radius 1 is 1.06 bits per heavy atom. The Bertz CT molecular complexity index is 248. The SMILES string of the molecule is CCCCOC(=O)CCC(=O)OC(C)CC(C)C. The third-order valence-corrected chi connectivity index (χ3v) is 2.43. The van der Waals surface area contributed by atoms with Crippen molar-refractivity contribution in [3.8, 4) is 0 Å². The molecule has 0 fully saturated rings. The molecule has 0 rings (SSSR count). The van der Waals surface area contributed by atoms with Crippen molar-refractivity contribution in [2.75, 3.05) is 6.61 Å². The zero-order valence-electron chi connectivity index (χ0n) is 12.0. The third kappa shape index (κ3) is 10.1. The van der Waals surface area contributed by atoms with Gasteiger partial charge in [0, 0.05) is 0 Å². The fraction of sp³-hybridized carbons (Fsp3) is 0.857. The van der Waals surface area contributed by atoms with Crippen molar-refractivity contribution in [3.63, 3.8) is 0 Å². The van der Waals surface area contributed by atoms with Gasteiger partial charge in [0.2, 0.25) is 0 Å². The Morgan fingerprint density at radius 3 is 2.22 bits per heavy atom. The van der Waals surface area contributed by atoms with Gasteiger partial charge in [-0.3, -0.25) is 9.59 Å². The van der Waals surface area contributed by atoms with E-state index in [2.05, 4.69) is 13.8 Å². The summed E-state index contributed by atoms with van der Waals surface area (Å²) in [5.41, 5.74) is 0. The van der Waals surface area contributed by atoms with E-state index >= 15 is 0 Å². The minimum Gasteiger partial charge on any atom is -0.466 e. The molecule has 4 heteroatoms. The van der Waals surface area contributed by atoms with E-state index in [1.165, 1.54) is 0 Å². The van der Waals surface area contributed by atoms with E-state index in [4.69, 9.17) is 9.47 Å². The van der Waals surface area contributed by atoms with Gasteiger partial charge < -0.3 is 9.47 Å². The van der Waals surface area contributed by atoms with Crippen LogP contribution in [0, 0.1) is 5.92 Å². The van der Waals surface area contributed by atoms with Crippen molar-refractivity contribution in [2.24, 2.45) is 5.92 Å². The summed E-state index contributed by atoms with van der Waals surface area (Å²) in [6, 6.07) is 0. The van der Waals surface area contributed by atoms with Crippen LogP contribution in [0.2, 0.25) is 0 Å². The number of unbranched alkanes of at least 4 members (excludes halogenated alkanes) is 1. The van der Waals surface area contributed by atoms with Gasteiger partial charge >= 0.3 is 11.9 Å². The molecule has 0 radical (unpaired) electrons. The maximum atomic E-state index is 11.4. The van der Waals surface area contributed by atoms with Crippen LogP contribution in [0.15, 0.2) is 0 Å². The summed E-state index contributed by atoms with van der Waals surface area (Å²) < 4.78 is 10.1. The molecule has 0 spiro atoms. The highest BCUT2D eigenvalue weighted by atomic mass is 16.5. The van der Waals surface area contributed by atoms with E-state index in [-0.39, 0.29) is 30.9 Å². The van der Waals surface area contributed by atoms with Crippen LogP contribution < -0.4 is 0 Å². The van der Waals surface area contributed by atoms with Gasteiger partial charge in [-0.1, -0.05) is 27.2 Å². The van der Waals surface area contributed by atoms with Crippen molar-refractivity contribution in [1.29, 1.82) is 0 Å². The molecule has 0 heterocycles. The zero-order valence-corrected chi connectivity index (χ0v) is 12.0. The average Bonchev–Trinajstić information content (AvgIpc) is 2.25. The largest absolute Gasteiger partial charge is 0.466 e. The topological polar surface area (TPSA) is 52.6 Å². The number of hydrogen-bond donors (Lipinski definition) is 0. The predicted molar refractivity (Wildman–Crippen MR) is 70.1 cm³/mol. The summed E-state index contributed by atoms with van der Waals surface area (Å²) >= 11 is 0. The molecule has 0 aliphatic heterocycles. The van der Waals surface area contributed by atoms with E-state index < -0.39 is 0 Å². The van der Waals surface area contributed by atoms with E-state index in [1.54, 1.807) is 0 Å². The highest BCUT2D eigenvalue weighted by Gasteiger charge is 2.13. The molecule has 4 nitrogen and oxygen atoms in total. The summed E-state index contributed by atoms with van der Waals surface area (Å²) in [4.78, 5) is 22.7. The molecule has 18 heavy (non-hydrogen) atoms. The molecule has 0 saturated carbocycles. The normalized spacial score (nSPS) is 12.3. The van der Waals surface area contributed by atoms with E-state index in [0.29, 0.717) is 12.5 Å². The van der Waals surface area contributed by atoms with Gasteiger partial charge in [-0.05, 0) is 25.7 Å². The van der Waals surface area contributed by atoms with Crippen LogP contribution in [0.3, 0.4) is 0 Å². The summed E-state index contributed by atoms with van der Waals surface area (Å²) in [6.45, 7) is 8.50. The highest BCUT2D eigenvalue weighted by Crippen LogP contribution is 2.09. The van der Waals surface area contributed by atoms with Gasteiger partial charge in [0.05, 0.1) is 25.6 Å². The molecule has 0 bridgehead atoms. The molecule has 106 valence electrons. The van der Waals surface area contributed by atoms with Gasteiger partial charge in [0.25, 0.3) is 0 Å². The molecule has 0 N–H and O–H groups in total. The number of esters is 2. The first kappa shape index (κ1) is 16.9. The molecule has 0 saturated heterocycles. The Kier molecular flexibility index (Phi) is 9.33. The molecule has 0 aliphatic rings. The lowest BCUT2D eigenvalue weighted by Gasteiger charge is -2.14. The summed E-state index contributed by atoms with van der Waals surface area (Å²) in [6.07, 6.45) is 2.81. The van der Waals surface area contributed by atoms with Gasteiger partial charge in [0.1, 0.15) is 0 Å². The van der Waals surface area contributed by atoms with Gasteiger partial charge in [0.15, 0.2) is 0 Å². The number of carbonyl (C=O) groups excluding carboxylic acids is 2. The average molecular weight is 258 g/mol.